The Hall–Kier alpha value is -1.40. The van der Waals surface area contributed by atoms with Gasteiger partial charge in [-0.1, -0.05) is 32.8 Å². The molecule has 24 heavy (non-hydrogen) atoms. The number of benzene rings is 1. The summed E-state index contributed by atoms with van der Waals surface area (Å²) in [5.41, 5.74) is 9.38. The molecule has 4 nitrogen and oxygen atoms in total. The third kappa shape index (κ3) is 5.31. The predicted octanol–water partition coefficient (Wildman–Crippen LogP) is 3.79. The minimum absolute atomic E-state index is 0.428. The van der Waals surface area contributed by atoms with E-state index in [2.05, 4.69) is 61.3 Å². The molecule has 1 aliphatic rings. The van der Waals surface area contributed by atoms with Crippen LogP contribution in [0.1, 0.15) is 44.2 Å². The molecule has 0 bridgehead atoms. The van der Waals surface area contributed by atoms with Gasteiger partial charge in [0.1, 0.15) is 0 Å². The molecule has 0 amide bonds. The van der Waals surface area contributed by atoms with E-state index >= 15 is 0 Å². The van der Waals surface area contributed by atoms with Gasteiger partial charge in [0.25, 0.3) is 0 Å². The fourth-order valence-corrected chi connectivity index (χ4v) is 3.46. The molecule has 0 spiro atoms. The number of aryl methyl sites for hydroxylation is 2. The molecule has 1 aromatic carbocycles. The van der Waals surface area contributed by atoms with Gasteiger partial charge in [-0.15, -0.1) is 0 Å². The van der Waals surface area contributed by atoms with Crippen molar-refractivity contribution >= 4 is 40.3 Å². The van der Waals surface area contributed by atoms with Gasteiger partial charge in [0.05, 0.1) is 0 Å². The Balaban J connectivity index is 1.76. The van der Waals surface area contributed by atoms with Crippen molar-refractivity contribution in [1.82, 2.24) is 16.2 Å². The molecular formula is C18H28N4S2. The lowest BCUT2D eigenvalue weighted by Gasteiger charge is -2.35. The summed E-state index contributed by atoms with van der Waals surface area (Å²) in [6, 6.07) is 6.59. The normalized spacial score (nSPS) is 23.2. The number of anilines is 1. The van der Waals surface area contributed by atoms with Crippen molar-refractivity contribution in [3.63, 3.8) is 0 Å². The first-order valence-corrected chi connectivity index (χ1v) is 9.39. The van der Waals surface area contributed by atoms with E-state index in [0.29, 0.717) is 22.2 Å². The first-order chi connectivity index (χ1) is 11.4. The molecule has 3 atom stereocenters. The lowest BCUT2D eigenvalue weighted by Crippen LogP contribution is -2.53. The molecule has 132 valence electrons. The van der Waals surface area contributed by atoms with Crippen LogP contribution in [0, 0.1) is 25.7 Å². The van der Waals surface area contributed by atoms with Crippen LogP contribution in [0.2, 0.25) is 0 Å². The quantitative estimate of drug-likeness (QED) is 0.473. The molecule has 2 rings (SSSR count). The molecule has 1 fully saturated rings. The molecule has 0 heterocycles. The van der Waals surface area contributed by atoms with E-state index in [-0.39, 0.29) is 0 Å². The summed E-state index contributed by atoms with van der Waals surface area (Å²) in [7, 11) is 0. The predicted molar refractivity (Wildman–Crippen MR) is 110 cm³/mol. The summed E-state index contributed by atoms with van der Waals surface area (Å²) in [4.78, 5) is 0. The van der Waals surface area contributed by atoms with Crippen molar-refractivity contribution in [3.8, 4) is 0 Å². The number of hydrazine groups is 1. The minimum Gasteiger partial charge on any atom is -0.358 e. The topological polar surface area (TPSA) is 48.1 Å². The lowest BCUT2D eigenvalue weighted by atomic mass is 9.78. The Morgan fingerprint density at radius 1 is 1.00 bits per heavy atom. The monoisotopic (exact) mass is 364 g/mol. The summed E-state index contributed by atoms with van der Waals surface area (Å²) in [6.07, 6.45) is 3.73. The Morgan fingerprint density at radius 2 is 1.71 bits per heavy atom. The summed E-state index contributed by atoms with van der Waals surface area (Å²) in [5, 5.41) is 7.64. The lowest BCUT2D eigenvalue weighted by molar-refractivity contribution is 0.224. The molecule has 0 unspecified atom stereocenters. The highest BCUT2D eigenvalue weighted by Gasteiger charge is 2.27. The van der Waals surface area contributed by atoms with E-state index in [1.165, 1.54) is 30.4 Å². The first-order valence-electron chi connectivity index (χ1n) is 8.57. The zero-order valence-corrected chi connectivity index (χ0v) is 16.5. The van der Waals surface area contributed by atoms with Gasteiger partial charge in [-0.05, 0) is 79.8 Å². The van der Waals surface area contributed by atoms with Crippen LogP contribution >= 0.6 is 24.4 Å². The standard InChI is InChI=1S/C18H28N4S2/c1-11-8-9-15(10-13(11)3)19-17(23)21-22-18(24)20-16-7-5-6-12(2)14(16)4/h8-10,12,14,16H,5-7H2,1-4H3,(H2,19,21,23)(H2,20,22,24)/t12-,14+,16-/m1/s1. The second-order valence-corrected chi connectivity index (χ2v) is 7.67. The van der Waals surface area contributed by atoms with Crippen LogP contribution in [-0.4, -0.2) is 16.3 Å². The largest absolute Gasteiger partial charge is 0.358 e. The number of hydrogen-bond donors (Lipinski definition) is 4. The van der Waals surface area contributed by atoms with Gasteiger partial charge in [-0.3, -0.25) is 10.9 Å². The van der Waals surface area contributed by atoms with E-state index in [9.17, 15) is 0 Å². The molecule has 0 aromatic heterocycles. The zero-order chi connectivity index (χ0) is 17.7. The van der Waals surface area contributed by atoms with E-state index in [4.69, 9.17) is 24.4 Å². The van der Waals surface area contributed by atoms with E-state index in [1.54, 1.807) is 0 Å². The van der Waals surface area contributed by atoms with Crippen LogP contribution in [0.3, 0.4) is 0 Å². The van der Waals surface area contributed by atoms with Crippen molar-refractivity contribution < 1.29 is 0 Å². The Bertz CT molecular complexity index is 603. The smallest absolute Gasteiger partial charge is 0.189 e. The highest BCUT2D eigenvalue weighted by molar-refractivity contribution is 7.80. The van der Waals surface area contributed by atoms with Crippen molar-refractivity contribution in [2.75, 3.05) is 5.32 Å². The molecule has 1 aliphatic carbocycles. The number of nitrogens with one attached hydrogen (secondary N) is 4. The molecule has 0 saturated heterocycles. The SMILES string of the molecule is Cc1ccc(NC(=S)NNC(=S)N[C@@H]2CCC[C@@H](C)[C@@H]2C)cc1C. The minimum atomic E-state index is 0.428. The van der Waals surface area contributed by atoms with Crippen molar-refractivity contribution in [1.29, 1.82) is 0 Å². The van der Waals surface area contributed by atoms with Crippen molar-refractivity contribution in [2.45, 2.75) is 53.0 Å². The molecular weight excluding hydrogens is 336 g/mol. The maximum absolute atomic E-state index is 5.38. The van der Waals surface area contributed by atoms with Crippen molar-refractivity contribution in [3.05, 3.63) is 29.3 Å². The van der Waals surface area contributed by atoms with Gasteiger partial charge in [0, 0.05) is 11.7 Å². The fraction of sp³-hybridized carbons (Fsp3) is 0.556. The molecule has 0 radical (unpaired) electrons. The van der Waals surface area contributed by atoms with Crippen LogP contribution in [0.5, 0.6) is 0 Å². The summed E-state index contributed by atoms with van der Waals surface area (Å²) < 4.78 is 0. The highest BCUT2D eigenvalue weighted by Crippen LogP contribution is 2.29. The van der Waals surface area contributed by atoms with E-state index in [1.807, 2.05) is 6.07 Å². The van der Waals surface area contributed by atoms with E-state index < -0.39 is 0 Å². The van der Waals surface area contributed by atoms with Crippen LogP contribution in [0.25, 0.3) is 0 Å². The third-order valence-corrected chi connectivity index (χ3v) is 5.50. The van der Waals surface area contributed by atoms with Gasteiger partial charge in [0.15, 0.2) is 10.2 Å². The molecule has 6 heteroatoms. The maximum atomic E-state index is 5.38. The number of thiocarbonyl (C=S) groups is 2. The summed E-state index contributed by atoms with van der Waals surface area (Å²) in [6.45, 7) is 8.79. The third-order valence-electron chi connectivity index (χ3n) is 5.08. The molecule has 0 aliphatic heterocycles. The van der Waals surface area contributed by atoms with Gasteiger partial charge < -0.3 is 10.6 Å². The van der Waals surface area contributed by atoms with Crippen LogP contribution < -0.4 is 21.5 Å². The van der Waals surface area contributed by atoms with Crippen LogP contribution in [0.15, 0.2) is 18.2 Å². The summed E-state index contributed by atoms with van der Waals surface area (Å²) >= 11 is 10.7. The van der Waals surface area contributed by atoms with Crippen LogP contribution in [-0.2, 0) is 0 Å². The van der Waals surface area contributed by atoms with Crippen molar-refractivity contribution in [2.24, 2.45) is 11.8 Å². The number of rotatable bonds is 2. The highest BCUT2D eigenvalue weighted by atomic mass is 32.1. The van der Waals surface area contributed by atoms with Gasteiger partial charge in [-0.2, -0.15) is 0 Å². The summed E-state index contributed by atoms with van der Waals surface area (Å²) in [5.74, 6) is 1.36. The first kappa shape index (κ1) is 18.9. The maximum Gasteiger partial charge on any atom is 0.189 e. The Morgan fingerprint density at radius 3 is 2.42 bits per heavy atom. The Kier molecular flexibility index (Phi) is 6.80. The Labute approximate surface area is 156 Å². The number of hydrogen-bond acceptors (Lipinski definition) is 2. The average Bonchev–Trinajstić information content (AvgIpc) is 2.53. The van der Waals surface area contributed by atoms with Gasteiger partial charge in [0.2, 0.25) is 0 Å². The van der Waals surface area contributed by atoms with E-state index in [0.717, 1.165) is 11.6 Å². The average molecular weight is 365 g/mol. The second-order valence-electron chi connectivity index (χ2n) is 6.85. The van der Waals surface area contributed by atoms with Crippen LogP contribution in [0.4, 0.5) is 5.69 Å². The molecule has 1 aromatic rings. The molecule has 1 saturated carbocycles. The van der Waals surface area contributed by atoms with Gasteiger partial charge >= 0.3 is 0 Å². The molecule has 4 N–H and O–H groups in total. The second kappa shape index (κ2) is 8.62. The fourth-order valence-electron chi connectivity index (χ4n) is 3.09. The van der Waals surface area contributed by atoms with Gasteiger partial charge in [-0.25, -0.2) is 0 Å². The zero-order valence-electron chi connectivity index (χ0n) is 14.9.